The van der Waals surface area contributed by atoms with E-state index in [0.29, 0.717) is 0 Å². The molecule has 0 bridgehead atoms. The smallest absolute Gasteiger partial charge is 0.0273 e. The summed E-state index contributed by atoms with van der Waals surface area (Å²) < 4.78 is 0. The summed E-state index contributed by atoms with van der Waals surface area (Å²) in [6.07, 6.45) is 16.8. The van der Waals surface area contributed by atoms with Crippen molar-refractivity contribution in [3.05, 3.63) is 102 Å². The molecule has 1 heterocycles. The molecule has 0 N–H and O–H groups in total. The summed E-state index contributed by atoms with van der Waals surface area (Å²) in [5, 5.41) is 0. The zero-order valence-electron chi connectivity index (χ0n) is 22.7. The molecule has 0 spiro atoms. The number of nitrogens with zero attached hydrogens (tertiary/aromatic N) is 1. The summed E-state index contributed by atoms with van der Waals surface area (Å²) >= 11 is 0. The van der Waals surface area contributed by atoms with Crippen LogP contribution in [0.5, 0.6) is 0 Å². The van der Waals surface area contributed by atoms with Gasteiger partial charge in [0.1, 0.15) is 0 Å². The Morgan fingerprint density at radius 1 is 0.514 bits per heavy atom. The summed E-state index contributed by atoms with van der Waals surface area (Å²) in [5.41, 5.74) is 11.3. The van der Waals surface area contributed by atoms with E-state index in [-0.39, 0.29) is 5.41 Å². The molecule has 0 unspecified atom stereocenters. The highest BCUT2D eigenvalue weighted by molar-refractivity contribution is 5.88. The van der Waals surface area contributed by atoms with Crippen LogP contribution in [0.25, 0.3) is 33.4 Å². The van der Waals surface area contributed by atoms with Gasteiger partial charge in [0.15, 0.2) is 0 Å². The molecule has 0 atom stereocenters. The molecule has 0 amide bonds. The van der Waals surface area contributed by atoms with Crippen LogP contribution in [0, 0.1) is 0 Å². The van der Waals surface area contributed by atoms with Crippen molar-refractivity contribution < 1.29 is 0 Å². The molecule has 0 saturated carbocycles. The van der Waals surface area contributed by atoms with Crippen molar-refractivity contribution >= 4 is 0 Å². The Balaban J connectivity index is 1.62. The number of rotatable bonds is 12. The van der Waals surface area contributed by atoms with Gasteiger partial charge in [0.05, 0.1) is 0 Å². The number of benzene rings is 3. The predicted molar refractivity (Wildman–Crippen MR) is 159 cm³/mol. The number of fused-ring (bicyclic) bond motifs is 3. The molecule has 1 aliphatic rings. The highest BCUT2D eigenvalue weighted by atomic mass is 14.6. The lowest BCUT2D eigenvalue weighted by atomic mass is 9.70. The van der Waals surface area contributed by atoms with Crippen LogP contribution < -0.4 is 0 Å². The second-order valence-electron chi connectivity index (χ2n) is 10.8. The summed E-state index contributed by atoms with van der Waals surface area (Å²) in [6.45, 7) is 4.63. The zero-order chi connectivity index (χ0) is 25.5. The van der Waals surface area contributed by atoms with Crippen molar-refractivity contribution in [2.45, 2.75) is 83.5 Å². The lowest BCUT2D eigenvalue weighted by Gasteiger charge is -2.33. The minimum absolute atomic E-state index is 0.120. The van der Waals surface area contributed by atoms with Crippen LogP contribution in [-0.2, 0) is 5.41 Å². The highest BCUT2D eigenvalue weighted by Crippen LogP contribution is 2.55. The average molecular weight is 488 g/mol. The third-order valence-electron chi connectivity index (χ3n) is 8.41. The minimum Gasteiger partial charge on any atom is -0.265 e. The fourth-order valence-electron chi connectivity index (χ4n) is 6.51. The van der Waals surface area contributed by atoms with E-state index < -0.39 is 0 Å². The predicted octanol–water partition coefficient (Wildman–Crippen LogP) is 10.6. The Hall–Kier alpha value is -3.19. The van der Waals surface area contributed by atoms with Crippen molar-refractivity contribution in [3.63, 3.8) is 0 Å². The van der Waals surface area contributed by atoms with E-state index >= 15 is 0 Å². The van der Waals surface area contributed by atoms with E-state index in [9.17, 15) is 0 Å². The van der Waals surface area contributed by atoms with Crippen molar-refractivity contribution in [3.8, 4) is 33.4 Å². The normalized spacial score (nSPS) is 13.4. The molecule has 190 valence electrons. The molecule has 5 rings (SSSR count). The summed E-state index contributed by atoms with van der Waals surface area (Å²) in [5.74, 6) is 0. The molecule has 1 nitrogen and oxygen atoms in total. The summed E-state index contributed by atoms with van der Waals surface area (Å²) in [6, 6.07) is 29.7. The Labute approximate surface area is 224 Å². The first kappa shape index (κ1) is 25.5. The first-order valence-corrected chi connectivity index (χ1v) is 14.5. The van der Waals surface area contributed by atoms with Gasteiger partial charge in [-0.25, -0.2) is 0 Å². The third kappa shape index (κ3) is 5.14. The summed E-state index contributed by atoms with van der Waals surface area (Å²) in [7, 11) is 0. The molecular weight excluding hydrogens is 446 g/mol. The van der Waals surface area contributed by atoms with Crippen molar-refractivity contribution in [2.24, 2.45) is 0 Å². The topological polar surface area (TPSA) is 12.9 Å². The maximum Gasteiger partial charge on any atom is 0.0273 e. The van der Waals surface area contributed by atoms with Crippen LogP contribution >= 0.6 is 0 Å². The monoisotopic (exact) mass is 487 g/mol. The molecule has 37 heavy (non-hydrogen) atoms. The van der Waals surface area contributed by atoms with Crippen LogP contribution in [0.15, 0.2) is 91.3 Å². The van der Waals surface area contributed by atoms with Gasteiger partial charge in [-0.3, -0.25) is 4.98 Å². The molecule has 0 fully saturated rings. The SMILES string of the molecule is CCCCCCC1(CCCCCC)c2ccccc2-c2ccc(-c3ccccc3-c3ccncc3)cc21. The molecule has 0 aliphatic heterocycles. The average Bonchev–Trinajstić information content (AvgIpc) is 3.23. The number of hydrogen-bond acceptors (Lipinski definition) is 1. The minimum atomic E-state index is 0.120. The van der Waals surface area contributed by atoms with Crippen LogP contribution in [0.3, 0.4) is 0 Å². The molecular formula is C36H41N. The fraction of sp³-hybridized carbons (Fsp3) is 0.361. The quantitative estimate of drug-likeness (QED) is 0.181. The van der Waals surface area contributed by atoms with E-state index in [1.54, 1.807) is 11.1 Å². The lowest BCUT2D eigenvalue weighted by molar-refractivity contribution is 0.401. The highest BCUT2D eigenvalue weighted by Gasteiger charge is 2.42. The van der Waals surface area contributed by atoms with Gasteiger partial charge in [0.25, 0.3) is 0 Å². The van der Waals surface area contributed by atoms with Crippen LogP contribution in [0.2, 0.25) is 0 Å². The van der Waals surface area contributed by atoms with Crippen LogP contribution in [0.1, 0.15) is 89.2 Å². The van der Waals surface area contributed by atoms with Gasteiger partial charge in [0.2, 0.25) is 0 Å². The maximum absolute atomic E-state index is 4.25. The molecule has 1 aromatic heterocycles. The van der Waals surface area contributed by atoms with Gasteiger partial charge >= 0.3 is 0 Å². The second kappa shape index (κ2) is 11.9. The van der Waals surface area contributed by atoms with E-state index in [1.165, 1.54) is 97.6 Å². The number of hydrogen-bond donors (Lipinski definition) is 0. The number of aromatic nitrogens is 1. The molecule has 0 radical (unpaired) electrons. The number of pyridine rings is 1. The molecule has 1 aliphatic carbocycles. The first-order valence-electron chi connectivity index (χ1n) is 14.5. The molecule has 0 saturated heterocycles. The van der Waals surface area contributed by atoms with Gasteiger partial charge in [0, 0.05) is 17.8 Å². The molecule has 4 aromatic rings. The largest absolute Gasteiger partial charge is 0.265 e. The first-order chi connectivity index (χ1) is 18.3. The van der Waals surface area contributed by atoms with Gasteiger partial charge in [-0.15, -0.1) is 0 Å². The Bertz CT molecular complexity index is 1290. The van der Waals surface area contributed by atoms with Gasteiger partial charge in [-0.05, 0) is 75.5 Å². The van der Waals surface area contributed by atoms with E-state index in [0.717, 1.165) is 0 Å². The van der Waals surface area contributed by atoms with Gasteiger partial charge in [-0.1, -0.05) is 126 Å². The van der Waals surface area contributed by atoms with Crippen LogP contribution in [-0.4, -0.2) is 4.98 Å². The second-order valence-corrected chi connectivity index (χ2v) is 10.8. The van der Waals surface area contributed by atoms with Crippen molar-refractivity contribution in [2.75, 3.05) is 0 Å². The van der Waals surface area contributed by atoms with E-state index in [1.807, 2.05) is 12.4 Å². The Morgan fingerprint density at radius 3 is 1.73 bits per heavy atom. The fourth-order valence-corrected chi connectivity index (χ4v) is 6.51. The van der Waals surface area contributed by atoms with E-state index in [2.05, 4.69) is 97.7 Å². The standard InChI is InChI=1S/C36H41N/c1-3-5-7-13-23-36(24-14-8-6-4-2)34-18-12-11-17-32(34)33-20-19-29(27-35(33)36)31-16-10-9-15-30(31)28-21-25-37-26-22-28/h9-12,15-22,25-27H,3-8,13-14,23-24H2,1-2H3. The summed E-state index contributed by atoms with van der Waals surface area (Å²) in [4.78, 5) is 4.25. The lowest BCUT2D eigenvalue weighted by Crippen LogP contribution is -2.25. The Kier molecular flexibility index (Phi) is 8.19. The zero-order valence-corrected chi connectivity index (χ0v) is 22.7. The maximum atomic E-state index is 4.25. The molecule has 1 heteroatoms. The Morgan fingerprint density at radius 2 is 1.08 bits per heavy atom. The van der Waals surface area contributed by atoms with E-state index in [4.69, 9.17) is 0 Å². The van der Waals surface area contributed by atoms with Crippen LogP contribution in [0.4, 0.5) is 0 Å². The van der Waals surface area contributed by atoms with Gasteiger partial charge in [-0.2, -0.15) is 0 Å². The van der Waals surface area contributed by atoms with Crippen molar-refractivity contribution in [1.29, 1.82) is 0 Å². The van der Waals surface area contributed by atoms with Gasteiger partial charge < -0.3 is 0 Å². The molecule has 3 aromatic carbocycles. The number of unbranched alkanes of at least 4 members (excludes halogenated alkanes) is 6. The third-order valence-corrected chi connectivity index (χ3v) is 8.41. The van der Waals surface area contributed by atoms with Crippen molar-refractivity contribution in [1.82, 2.24) is 4.98 Å².